The van der Waals surface area contributed by atoms with E-state index in [1.165, 1.54) is 12.6 Å². The molecule has 17 heavy (non-hydrogen) atoms. The molecule has 98 valence electrons. The zero-order valence-corrected chi connectivity index (χ0v) is 11.9. The Labute approximate surface area is 106 Å². The third-order valence-electron chi connectivity index (χ3n) is 2.40. The van der Waals surface area contributed by atoms with E-state index in [1.807, 2.05) is 39.0 Å². The Morgan fingerprint density at radius 2 is 1.65 bits per heavy atom. The number of ketones is 1. The molecule has 1 aromatic carbocycles. The Morgan fingerprint density at radius 1 is 1.18 bits per heavy atom. The molecule has 0 aliphatic rings. The average Bonchev–Trinajstić information content (AvgIpc) is 2.41. The van der Waals surface area contributed by atoms with Crippen LogP contribution in [0.2, 0.25) is 0 Å². The summed E-state index contributed by atoms with van der Waals surface area (Å²) < 4.78 is 0. The number of hydrogen-bond donors (Lipinski definition) is 1. The largest absolute Gasteiger partial charge is 0.333 e. The molecule has 2 nitrogen and oxygen atoms in total. The van der Waals surface area contributed by atoms with Gasteiger partial charge in [-0.2, -0.15) is 0 Å². The average molecular weight is 237 g/mol. The first-order valence-corrected chi connectivity index (χ1v) is 6.32. The highest BCUT2D eigenvalue weighted by molar-refractivity contribution is 5.77. The van der Waals surface area contributed by atoms with Crippen molar-refractivity contribution in [1.29, 1.82) is 0 Å². The minimum absolute atomic E-state index is 0.195. The maximum atomic E-state index is 11.0. The maximum Gasteiger partial charge on any atom is 0.132 e. The molecule has 0 aliphatic carbocycles. The SMILES string of the molecule is CC.CC(=O)C(C)CCc1ccccc1.CN. The van der Waals surface area contributed by atoms with E-state index in [2.05, 4.69) is 17.9 Å². The van der Waals surface area contributed by atoms with Crippen LogP contribution < -0.4 is 5.73 Å². The molecule has 1 unspecified atom stereocenters. The lowest BCUT2D eigenvalue weighted by Gasteiger charge is -2.06. The van der Waals surface area contributed by atoms with Crippen molar-refractivity contribution in [2.75, 3.05) is 7.05 Å². The first kappa shape index (κ1) is 18.2. The van der Waals surface area contributed by atoms with Gasteiger partial charge in [-0.05, 0) is 32.4 Å². The van der Waals surface area contributed by atoms with Gasteiger partial charge in [0.25, 0.3) is 0 Å². The summed E-state index contributed by atoms with van der Waals surface area (Å²) in [7, 11) is 1.50. The lowest BCUT2D eigenvalue weighted by molar-refractivity contribution is -0.120. The van der Waals surface area contributed by atoms with Crippen LogP contribution in [0.5, 0.6) is 0 Å². The second-order valence-corrected chi connectivity index (χ2v) is 3.54. The van der Waals surface area contributed by atoms with Gasteiger partial charge in [0.15, 0.2) is 0 Å². The van der Waals surface area contributed by atoms with E-state index in [1.54, 1.807) is 6.92 Å². The number of aryl methyl sites for hydroxylation is 1. The van der Waals surface area contributed by atoms with E-state index >= 15 is 0 Å². The summed E-state index contributed by atoms with van der Waals surface area (Å²) in [6.07, 6.45) is 1.96. The van der Waals surface area contributed by atoms with Gasteiger partial charge >= 0.3 is 0 Å². The third kappa shape index (κ3) is 9.76. The van der Waals surface area contributed by atoms with Gasteiger partial charge in [-0.3, -0.25) is 4.79 Å². The van der Waals surface area contributed by atoms with Crippen LogP contribution in [0.15, 0.2) is 30.3 Å². The molecule has 0 saturated carbocycles. The van der Waals surface area contributed by atoms with Crippen molar-refractivity contribution < 1.29 is 4.79 Å². The minimum atomic E-state index is 0.195. The number of benzene rings is 1. The van der Waals surface area contributed by atoms with Gasteiger partial charge in [0.05, 0.1) is 0 Å². The zero-order chi connectivity index (χ0) is 13.7. The minimum Gasteiger partial charge on any atom is -0.333 e. The van der Waals surface area contributed by atoms with Crippen LogP contribution in [0.1, 0.15) is 39.7 Å². The summed E-state index contributed by atoms with van der Waals surface area (Å²) in [4.78, 5) is 11.0. The van der Waals surface area contributed by atoms with Crippen LogP contribution in [0, 0.1) is 5.92 Å². The molecule has 0 bridgehead atoms. The van der Waals surface area contributed by atoms with Gasteiger partial charge < -0.3 is 5.73 Å². The van der Waals surface area contributed by atoms with Crippen LogP contribution in [-0.2, 0) is 11.2 Å². The highest BCUT2D eigenvalue weighted by atomic mass is 16.1. The number of carbonyl (C=O) groups is 1. The van der Waals surface area contributed by atoms with Gasteiger partial charge in [0.1, 0.15) is 5.78 Å². The molecule has 0 amide bonds. The predicted octanol–water partition coefficient (Wildman–Crippen LogP) is 3.45. The summed E-state index contributed by atoms with van der Waals surface area (Å²) in [5.41, 5.74) is 5.82. The Bertz CT molecular complexity index is 270. The summed E-state index contributed by atoms with van der Waals surface area (Å²) in [6, 6.07) is 10.3. The van der Waals surface area contributed by atoms with Gasteiger partial charge in [-0.15, -0.1) is 0 Å². The van der Waals surface area contributed by atoms with Crippen molar-refractivity contribution in [2.45, 2.75) is 40.5 Å². The fourth-order valence-electron chi connectivity index (χ4n) is 1.23. The smallest absolute Gasteiger partial charge is 0.132 e. The van der Waals surface area contributed by atoms with E-state index in [0.717, 1.165) is 12.8 Å². The van der Waals surface area contributed by atoms with Crippen molar-refractivity contribution in [3.05, 3.63) is 35.9 Å². The monoisotopic (exact) mass is 237 g/mol. The standard InChI is InChI=1S/C12H16O.C2H6.CH5N/c1-10(11(2)13)8-9-12-6-4-3-5-7-12;2*1-2/h3-7,10H,8-9H2,1-2H3;1-2H3;2H2,1H3. The molecule has 0 spiro atoms. The lowest BCUT2D eigenvalue weighted by atomic mass is 9.98. The first-order valence-electron chi connectivity index (χ1n) is 6.32. The van der Waals surface area contributed by atoms with Gasteiger partial charge in [-0.25, -0.2) is 0 Å². The maximum absolute atomic E-state index is 11.0. The van der Waals surface area contributed by atoms with Gasteiger partial charge in [0, 0.05) is 5.92 Å². The molecule has 0 heterocycles. The van der Waals surface area contributed by atoms with E-state index in [0.29, 0.717) is 0 Å². The van der Waals surface area contributed by atoms with Crippen LogP contribution >= 0.6 is 0 Å². The predicted molar refractivity (Wildman–Crippen MR) is 76.1 cm³/mol. The molecule has 1 atom stereocenters. The van der Waals surface area contributed by atoms with Crippen LogP contribution in [-0.4, -0.2) is 12.8 Å². The Balaban J connectivity index is 0. The topological polar surface area (TPSA) is 43.1 Å². The van der Waals surface area contributed by atoms with Gasteiger partial charge in [-0.1, -0.05) is 51.1 Å². The normalized spacial score (nSPS) is 10.2. The molecule has 0 aromatic heterocycles. The molecule has 2 heteroatoms. The Kier molecular flexibility index (Phi) is 13.8. The summed E-state index contributed by atoms with van der Waals surface area (Å²) in [5, 5.41) is 0. The summed E-state index contributed by atoms with van der Waals surface area (Å²) >= 11 is 0. The Hall–Kier alpha value is -1.15. The molecule has 1 rings (SSSR count). The highest BCUT2D eigenvalue weighted by Gasteiger charge is 2.06. The number of nitrogens with two attached hydrogens (primary N) is 1. The number of hydrogen-bond acceptors (Lipinski definition) is 2. The highest BCUT2D eigenvalue weighted by Crippen LogP contribution is 2.09. The van der Waals surface area contributed by atoms with Crippen molar-refractivity contribution in [1.82, 2.24) is 0 Å². The van der Waals surface area contributed by atoms with Gasteiger partial charge in [0.2, 0.25) is 0 Å². The molecule has 1 aromatic rings. The van der Waals surface area contributed by atoms with E-state index in [4.69, 9.17) is 0 Å². The second kappa shape index (κ2) is 12.9. The van der Waals surface area contributed by atoms with E-state index < -0.39 is 0 Å². The molecule has 0 aliphatic heterocycles. The number of rotatable bonds is 4. The van der Waals surface area contributed by atoms with Crippen LogP contribution in [0.25, 0.3) is 0 Å². The lowest BCUT2D eigenvalue weighted by Crippen LogP contribution is -2.07. The second-order valence-electron chi connectivity index (χ2n) is 3.54. The van der Waals surface area contributed by atoms with Crippen molar-refractivity contribution in [3.63, 3.8) is 0 Å². The summed E-state index contributed by atoms with van der Waals surface area (Å²) in [5.74, 6) is 0.483. The van der Waals surface area contributed by atoms with Crippen LogP contribution in [0.4, 0.5) is 0 Å². The van der Waals surface area contributed by atoms with Crippen molar-refractivity contribution in [2.24, 2.45) is 11.7 Å². The number of carbonyl (C=O) groups excluding carboxylic acids is 1. The van der Waals surface area contributed by atoms with Crippen LogP contribution in [0.3, 0.4) is 0 Å². The zero-order valence-electron chi connectivity index (χ0n) is 11.9. The molecular formula is C15H27NO. The molecule has 0 fully saturated rings. The fourth-order valence-corrected chi connectivity index (χ4v) is 1.23. The van der Waals surface area contributed by atoms with Crippen molar-refractivity contribution >= 4 is 5.78 Å². The first-order chi connectivity index (χ1) is 8.20. The molecular weight excluding hydrogens is 210 g/mol. The van der Waals surface area contributed by atoms with E-state index in [-0.39, 0.29) is 11.7 Å². The molecule has 0 saturated heterocycles. The summed E-state index contributed by atoms with van der Waals surface area (Å²) in [6.45, 7) is 7.65. The molecule has 2 N–H and O–H groups in total. The Morgan fingerprint density at radius 3 is 2.06 bits per heavy atom. The molecule has 0 radical (unpaired) electrons. The third-order valence-corrected chi connectivity index (χ3v) is 2.40. The number of Topliss-reactive ketones (excluding diaryl/α,β-unsaturated/α-hetero) is 1. The van der Waals surface area contributed by atoms with Crippen molar-refractivity contribution in [3.8, 4) is 0 Å². The fraction of sp³-hybridized carbons (Fsp3) is 0.533. The quantitative estimate of drug-likeness (QED) is 0.871. The van der Waals surface area contributed by atoms with E-state index in [9.17, 15) is 4.79 Å².